The van der Waals surface area contributed by atoms with Gasteiger partial charge in [0.1, 0.15) is 12.5 Å². The fraction of sp³-hybridized carbons (Fsp3) is 0.429. The lowest BCUT2D eigenvalue weighted by atomic mass is 10.1. The van der Waals surface area contributed by atoms with Gasteiger partial charge in [0, 0.05) is 11.3 Å². The largest absolute Gasteiger partial charge is 0.480 e. The molecule has 1 aromatic carbocycles. The maximum Gasteiger partial charge on any atom is 0.327 e. The third-order valence-corrected chi connectivity index (χ3v) is 5.38. The van der Waals surface area contributed by atoms with Crippen molar-refractivity contribution in [2.24, 2.45) is 0 Å². The van der Waals surface area contributed by atoms with Crippen molar-refractivity contribution in [2.75, 3.05) is 17.2 Å². The number of tetrazole rings is 1. The third kappa shape index (κ3) is 5.74. The van der Waals surface area contributed by atoms with Crippen LogP contribution in [-0.2, 0) is 11.3 Å². The minimum atomic E-state index is -1.04. The van der Waals surface area contributed by atoms with Crippen molar-refractivity contribution in [3.63, 3.8) is 0 Å². The maximum absolute atomic E-state index is 12.5. The molecule has 13 nitrogen and oxygen atoms in total. The van der Waals surface area contributed by atoms with Gasteiger partial charge in [-0.25, -0.2) is 5.10 Å². The molecule has 6 N–H and O–H groups in total. The number of aliphatic carboxylic acids is 1. The first-order chi connectivity index (χ1) is 16.5. The standard InChI is InChI=1S/C21H28N10O3/c1-2-3-4-5-10-22-21-25-15-11-23-28-20(34)17(15)19(26-21)24-14-8-6-13(7-9-14)18-27-30-31(29-18)12-16(32)33/h6-9,11,19,21-22,24-26H,2-5,10,12H2,1H3,(H,28,34)(H,32,33). The summed E-state index contributed by atoms with van der Waals surface area (Å²) >= 11 is 0. The zero-order valence-electron chi connectivity index (χ0n) is 18.8. The predicted molar refractivity (Wildman–Crippen MR) is 125 cm³/mol. The van der Waals surface area contributed by atoms with Gasteiger partial charge in [0.25, 0.3) is 5.56 Å². The summed E-state index contributed by atoms with van der Waals surface area (Å²) < 4.78 is 0. The molecule has 0 bridgehead atoms. The minimum Gasteiger partial charge on any atom is -0.480 e. The van der Waals surface area contributed by atoms with Crippen molar-refractivity contribution in [2.45, 2.75) is 51.6 Å². The highest BCUT2D eigenvalue weighted by molar-refractivity contribution is 5.66. The molecular weight excluding hydrogens is 440 g/mol. The van der Waals surface area contributed by atoms with E-state index in [1.54, 1.807) is 18.3 Å². The minimum absolute atomic E-state index is 0.233. The summed E-state index contributed by atoms with van der Waals surface area (Å²) in [5, 5.41) is 40.4. The van der Waals surface area contributed by atoms with E-state index in [0.717, 1.165) is 23.4 Å². The molecule has 2 unspecified atom stereocenters. The Morgan fingerprint density at radius 1 is 1.21 bits per heavy atom. The quantitative estimate of drug-likeness (QED) is 0.222. The summed E-state index contributed by atoms with van der Waals surface area (Å²) in [5.74, 6) is -0.717. The smallest absolute Gasteiger partial charge is 0.327 e. The van der Waals surface area contributed by atoms with E-state index in [0.29, 0.717) is 22.6 Å². The lowest BCUT2D eigenvalue weighted by molar-refractivity contribution is -0.138. The van der Waals surface area contributed by atoms with Crippen LogP contribution in [0, 0.1) is 0 Å². The van der Waals surface area contributed by atoms with Crippen LogP contribution in [-0.4, -0.2) is 54.3 Å². The van der Waals surface area contributed by atoms with E-state index in [1.807, 2.05) is 12.1 Å². The van der Waals surface area contributed by atoms with Crippen LogP contribution in [0.5, 0.6) is 0 Å². The molecule has 34 heavy (non-hydrogen) atoms. The van der Waals surface area contributed by atoms with Gasteiger partial charge >= 0.3 is 5.97 Å². The Labute approximate surface area is 195 Å². The number of fused-ring (bicyclic) bond motifs is 1. The van der Waals surface area contributed by atoms with Crippen LogP contribution in [0.3, 0.4) is 0 Å². The van der Waals surface area contributed by atoms with E-state index in [1.165, 1.54) is 19.3 Å². The highest BCUT2D eigenvalue weighted by Gasteiger charge is 2.28. The van der Waals surface area contributed by atoms with Crippen molar-refractivity contribution in [3.8, 4) is 11.4 Å². The molecule has 0 radical (unpaired) electrons. The van der Waals surface area contributed by atoms with Crippen molar-refractivity contribution in [1.29, 1.82) is 0 Å². The summed E-state index contributed by atoms with van der Waals surface area (Å²) in [4.78, 5) is 24.3. The highest BCUT2D eigenvalue weighted by Crippen LogP contribution is 2.26. The second kappa shape index (κ2) is 10.9. The summed E-state index contributed by atoms with van der Waals surface area (Å²) in [7, 11) is 0. The Balaban J connectivity index is 1.45. The second-order valence-electron chi connectivity index (χ2n) is 7.98. The summed E-state index contributed by atoms with van der Waals surface area (Å²) in [5.41, 5.74) is 2.34. The van der Waals surface area contributed by atoms with Crippen LogP contribution >= 0.6 is 0 Å². The van der Waals surface area contributed by atoms with Crippen molar-refractivity contribution < 1.29 is 9.90 Å². The average Bonchev–Trinajstić information content (AvgIpc) is 3.27. The van der Waals surface area contributed by atoms with Gasteiger partial charge in [-0.15, -0.1) is 10.2 Å². The number of aromatic nitrogens is 6. The highest BCUT2D eigenvalue weighted by atomic mass is 16.4. The van der Waals surface area contributed by atoms with E-state index in [2.05, 4.69) is 53.8 Å². The molecule has 1 aliphatic rings. The number of unbranched alkanes of at least 4 members (excludes halogenated alkanes) is 3. The number of carboxylic acid groups (broad SMARTS) is 1. The number of hydrogen-bond donors (Lipinski definition) is 6. The van der Waals surface area contributed by atoms with Crippen molar-refractivity contribution in [1.82, 2.24) is 41.0 Å². The Morgan fingerprint density at radius 2 is 2.03 bits per heavy atom. The average molecular weight is 469 g/mol. The second-order valence-corrected chi connectivity index (χ2v) is 7.98. The number of nitrogens with one attached hydrogen (secondary N) is 5. The van der Waals surface area contributed by atoms with Crippen LogP contribution in [0.25, 0.3) is 11.4 Å². The van der Waals surface area contributed by atoms with E-state index in [-0.39, 0.29) is 18.4 Å². The zero-order valence-corrected chi connectivity index (χ0v) is 18.8. The van der Waals surface area contributed by atoms with Crippen molar-refractivity contribution >= 4 is 17.3 Å². The molecule has 0 spiro atoms. The number of carbonyl (C=O) groups is 1. The van der Waals surface area contributed by atoms with E-state index >= 15 is 0 Å². The van der Waals surface area contributed by atoms with Crippen LogP contribution in [0.15, 0.2) is 35.3 Å². The monoisotopic (exact) mass is 468 g/mol. The first-order valence-corrected chi connectivity index (χ1v) is 11.2. The van der Waals surface area contributed by atoms with Crippen molar-refractivity contribution in [3.05, 3.63) is 46.4 Å². The Bertz CT molecular complexity index is 1160. The lowest BCUT2D eigenvalue weighted by Gasteiger charge is -2.35. The SMILES string of the molecule is CCCCCCNC1Nc2cn[nH]c(=O)c2C(Nc2ccc(-c3nnn(CC(=O)O)n3)cc2)N1. The van der Waals surface area contributed by atoms with Gasteiger partial charge in [-0.2, -0.15) is 9.90 Å². The van der Waals surface area contributed by atoms with Gasteiger partial charge in [-0.05, 0) is 42.4 Å². The molecule has 3 aromatic rings. The molecule has 13 heteroatoms. The Hall–Kier alpha value is -3.84. The normalized spacial score (nSPS) is 17.1. The molecule has 2 atom stereocenters. The Morgan fingerprint density at radius 3 is 2.79 bits per heavy atom. The molecule has 4 rings (SSSR count). The van der Waals surface area contributed by atoms with Gasteiger partial charge in [0.2, 0.25) is 5.82 Å². The predicted octanol–water partition coefficient (Wildman–Crippen LogP) is 1.09. The molecule has 2 aromatic heterocycles. The van der Waals surface area contributed by atoms with Crippen LogP contribution in [0.1, 0.15) is 44.3 Å². The number of benzene rings is 1. The molecule has 3 heterocycles. The van der Waals surface area contributed by atoms with Gasteiger partial charge in [0.05, 0.1) is 17.4 Å². The number of aromatic amines is 1. The number of carboxylic acids is 1. The fourth-order valence-corrected chi connectivity index (χ4v) is 3.71. The number of H-pyrrole nitrogens is 1. The van der Waals surface area contributed by atoms with Gasteiger partial charge < -0.3 is 15.7 Å². The van der Waals surface area contributed by atoms with Gasteiger partial charge in [-0.3, -0.25) is 20.2 Å². The first kappa shape index (κ1) is 23.3. The van der Waals surface area contributed by atoms with Gasteiger partial charge in [-0.1, -0.05) is 26.2 Å². The number of hydrogen-bond acceptors (Lipinski definition) is 10. The zero-order chi connectivity index (χ0) is 23.9. The lowest BCUT2D eigenvalue weighted by Crippen LogP contribution is -2.55. The molecule has 0 fully saturated rings. The summed E-state index contributed by atoms with van der Waals surface area (Å²) in [6.45, 7) is 2.67. The number of anilines is 2. The molecule has 1 aliphatic heterocycles. The molecular formula is C21H28N10O3. The molecule has 0 amide bonds. The summed E-state index contributed by atoms with van der Waals surface area (Å²) in [6, 6.07) is 7.26. The van der Waals surface area contributed by atoms with Crippen LogP contribution < -0.4 is 26.8 Å². The molecule has 0 aliphatic carbocycles. The van der Waals surface area contributed by atoms with Crippen LogP contribution in [0.2, 0.25) is 0 Å². The van der Waals surface area contributed by atoms with E-state index in [9.17, 15) is 9.59 Å². The molecule has 0 saturated heterocycles. The Kier molecular flexibility index (Phi) is 7.44. The van der Waals surface area contributed by atoms with E-state index in [4.69, 9.17) is 5.11 Å². The molecule has 0 saturated carbocycles. The molecule has 180 valence electrons. The topological polar surface area (TPSA) is 175 Å². The maximum atomic E-state index is 12.5. The summed E-state index contributed by atoms with van der Waals surface area (Å²) in [6.07, 6.45) is 5.54. The fourth-order valence-electron chi connectivity index (χ4n) is 3.71. The number of nitrogens with zero attached hydrogens (tertiary/aromatic N) is 5. The van der Waals surface area contributed by atoms with Crippen LogP contribution in [0.4, 0.5) is 11.4 Å². The first-order valence-electron chi connectivity index (χ1n) is 11.2. The van der Waals surface area contributed by atoms with E-state index < -0.39 is 12.1 Å². The third-order valence-electron chi connectivity index (χ3n) is 5.38. The number of rotatable bonds is 11. The van der Waals surface area contributed by atoms with Gasteiger partial charge in [0.15, 0.2) is 6.54 Å².